The number of rotatable bonds is 11. The maximum absolute atomic E-state index is 12.4. The summed E-state index contributed by atoms with van der Waals surface area (Å²) in [5, 5.41) is 21.5. The largest absolute Gasteiger partial charge is 0.480 e. The van der Waals surface area contributed by atoms with Crippen LogP contribution in [0.15, 0.2) is 16.8 Å². The lowest BCUT2D eigenvalue weighted by molar-refractivity contribution is -0.150. The number of aromatic nitrogens is 4. The molecule has 11 nitrogen and oxygen atoms in total. The first-order valence-corrected chi connectivity index (χ1v) is 10.5. The second-order valence-electron chi connectivity index (χ2n) is 7.76. The molecule has 2 aromatic heterocycles. The molecule has 11 heteroatoms. The van der Waals surface area contributed by atoms with E-state index < -0.39 is 12.0 Å². The fourth-order valence-electron chi connectivity index (χ4n) is 3.44. The van der Waals surface area contributed by atoms with Crippen LogP contribution in [-0.4, -0.2) is 80.5 Å². The van der Waals surface area contributed by atoms with Crippen molar-refractivity contribution in [2.24, 2.45) is 0 Å². The summed E-state index contributed by atoms with van der Waals surface area (Å²) in [4.78, 5) is 25.1. The molecular weight excluding hydrogens is 406 g/mol. The zero-order valence-corrected chi connectivity index (χ0v) is 18.1. The SMILES string of the molecule is CCO[C@@H]1C[C@@H](C(=O)O)N(C(=O)COCCCn2cc(-c3cc(C(C)C)no3)nn2)C1. The average Bonchev–Trinajstić information content (AvgIpc) is 3.46. The number of aliphatic carboxylic acids is 1. The summed E-state index contributed by atoms with van der Waals surface area (Å²) in [6.45, 7) is 7.39. The molecule has 0 aromatic carbocycles. The van der Waals surface area contributed by atoms with Crippen molar-refractivity contribution in [3.63, 3.8) is 0 Å². The standard InChI is InChI=1S/C20H29N5O6/c1-4-30-14-8-17(20(27)28)25(10-14)19(26)12-29-7-5-6-24-11-16(21-23-24)18-9-15(13(2)3)22-31-18/h9,11,13-14,17H,4-8,10,12H2,1-3H3,(H,27,28)/t14-,17+/m1/s1. The van der Waals surface area contributed by atoms with Crippen LogP contribution >= 0.6 is 0 Å². The lowest BCUT2D eigenvalue weighted by Crippen LogP contribution is -2.42. The van der Waals surface area contributed by atoms with Gasteiger partial charge in [0.15, 0.2) is 11.5 Å². The second-order valence-corrected chi connectivity index (χ2v) is 7.76. The Bertz CT molecular complexity index is 879. The Hall–Kier alpha value is -2.79. The Kier molecular flexibility index (Phi) is 7.75. The number of nitrogens with zero attached hydrogens (tertiary/aromatic N) is 5. The molecule has 0 radical (unpaired) electrons. The first kappa shape index (κ1) is 22.9. The Morgan fingerprint density at radius 1 is 1.39 bits per heavy atom. The van der Waals surface area contributed by atoms with Gasteiger partial charge in [-0.05, 0) is 19.3 Å². The summed E-state index contributed by atoms with van der Waals surface area (Å²) in [5.41, 5.74) is 1.46. The fourth-order valence-corrected chi connectivity index (χ4v) is 3.44. The molecule has 31 heavy (non-hydrogen) atoms. The number of hydrogen-bond donors (Lipinski definition) is 1. The summed E-state index contributed by atoms with van der Waals surface area (Å²) >= 11 is 0. The molecule has 1 saturated heterocycles. The number of carboxylic acid groups (broad SMARTS) is 1. The van der Waals surface area contributed by atoms with Crippen molar-refractivity contribution in [1.29, 1.82) is 0 Å². The number of amides is 1. The van der Waals surface area contributed by atoms with E-state index in [2.05, 4.69) is 15.5 Å². The van der Waals surface area contributed by atoms with Gasteiger partial charge in [-0.25, -0.2) is 4.79 Å². The number of carbonyl (C=O) groups excluding carboxylic acids is 1. The number of carbonyl (C=O) groups is 2. The Morgan fingerprint density at radius 2 is 2.19 bits per heavy atom. The normalized spacial score (nSPS) is 18.8. The summed E-state index contributed by atoms with van der Waals surface area (Å²) in [7, 11) is 0. The second kappa shape index (κ2) is 10.5. The van der Waals surface area contributed by atoms with Crippen LogP contribution in [-0.2, 0) is 25.6 Å². The number of carboxylic acids is 1. The van der Waals surface area contributed by atoms with E-state index in [1.807, 2.05) is 26.8 Å². The van der Waals surface area contributed by atoms with Gasteiger partial charge in [0.25, 0.3) is 0 Å². The van der Waals surface area contributed by atoms with E-state index in [9.17, 15) is 14.7 Å². The molecule has 1 amide bonds. The monoisotopic (exact) mass is 435 g/mol. The van der Waals surface area contributed by atoms with Crippen molar-refractivity contribution in [3.05, 3.63) is 18.0 Å². The van der Waals surface area contributed by atoms with E-state index in [-0.39, 0.29) is 31.1 Å². The first-order valence-electron chi connectivity index (χ1n) is 10.5. The van der Waals surface area contributed by atoms with Crippen molar-refractivity contribution < 1.29 is 28.7 Å². The van der Waals surface area contributed by atoms with Crippen LogP contribution in [0.1, 0.15) is 45.2 Å². The third-order valence-corrected chi connectivity index (χ3v) is 5.08. The molecule has 0 saturated carbocycles. The molecule has 0 aliphatic carbocycles. The molecular formula is C20H29N5O6. The van der Waals surface area contributed by atoms with Gasteiger partial charge in [-0.1, -0.05) is 24.2 Å². The highest BCUT2D eigenvalue weighted by atomic mass is 16.5. The molecule has 3 heterocycles. The van der Waals surface area contributed by atoms with Crippen LogP contribution in [0, 0.1) is 0 Å². The van der Waals surface area contributed by atoms with Crippen LogP contribution < -0.4 is 0 Å². The smallest absolute Gasteiger partial charge is 0.326 e. The summed E-state index contributed by atoms with van der Waals surface area (Å²) in [6, 6.07) is 0.987. The molecule has 2 aromatic rings. The van der Waals surface area contributed by atoms with E-state index in [1.54, 1.807) is 10.9 Å². The number of hydrogen-bond acceptors (Lipinski definition) is 8. The van der Waals surface area contributed by atoms with Gasteiger partial charge in [-0.3, -0.25) is 9.48 Å². The van der Waals surface area contributed by atoms with Crippen molar-refractivity contribution in [2.45, 2.75) is 58.2 Å². The topological polar surface area (TPSA) is 133 Å². The Morgan fingerprint density at radius 3 is 2.87 bits per heavy atom. The Labute approximate surface area is 180 Å². The maximum Gasteiger partial charge on any atom is 0.326 e. The molecule has 0 unspecified atom stereocenters. The van der Waals surface area contributed by atoms with Crippen molar-refractivity contribution in [1.82, 2.24) is 25.1 Å². The van der Waals surface area contributed by atoms with Crippen molar-refractivity contribution in [3.8, 4) is 11.5 Å². The molecule has 0 bridgehead atoms. The van der Waals surface area contributed by atoms with E-state index in [0.29, 0.717) is 44.1 Å². The summed E-state index contributed by atoms with van der Waals surface area (Å²) in [5.74, 6) is -0.529. The lowest BCUT2D eigenvalue weighted by atomic mass is 10.1. The molecule has 0 spiro atoms. The van der Waals surface area contributed by atoms with Crippen LogP contribution in [0.5, 0.6) is 0 Å². The maximum atomic E-state index is 12.4. The highest BCUT2D eigenvalue weighted by Crippen LogP contribution is 2.22. The Balaban J connectivity index is 1.40. The minimum Gasteiger partial charge on any atom is -0.480 e. The third-order valence-electron chi connectivity index (χ3n) is 5.08. The van der Waals surface area contributed by atoms with E-state index >= 15 is 0 Å². The molecule has 3 rings (SSSR count). The van der Waals surface area contributed by atoms with Gasteiger partial charge in [-0.15, -0.1) is 5.10 Å². The van der Waals surface area contributed by atoms with Gasteiger partial charge in [-0.2, -0.15) is 0 Å². The zero-order chi connectivity index (χ0) is 22.4. The van der Waals surface area contributed by atoms with E-state index in [1.165, 1.54) is 4.90 Å². The van der Waals surface area contributed by atoms with Gasteiger partial charge in [0, 0.05) is 38.8 Å². The van der Waals surface area contributed by atoms with Gasteiger partial charge in [0.05, 0.1) is 18.0 Å². The zero-order valence-electron chi connectivity index (χ0n) is 18.1. The van der Waals surface area contributed by atoms with Crippen LogP contribution in [0.25, 0.3) is 11.5 Å². The van der Waals surface area contributed by atoms with Crippen LogP contribution in [0.4, 0.5) is 0 Å². The number of ether oxygens (including phenoxy) is 2. The van der Waals surface area contributed by atoms with Crippen LogP contribution in [0.2, 0.25) is 0 Å². The van der Waals surface area contributed by atoms with Crippen molar-refractivity contribution in [2.75, 3.05) is 26.4 Å². The number of likely N-dealkylation sites (tertiary alicyclic amines) is 1. The summed E-state index contributed by atoms with van der Waals surface area (Å²) in [6.07, 6.45) is 2.43. The average molecular weight is 435 g/mol. The highest BCUT2D eigenvalue weighted by molar-refractivity contribution is 5.85. The van der Waals surface area contributed by atoms with Gasteiger partial charge in [0.1, 0.15) is 12.6 Å². The molecule has 1 aliphatic rings. The molecule has 2 atom stereocenters. The van der Waals surface area contributed by atoms with Gasteiger partial charge >= 0.3 is 5.97 Å². The van der Waals surface area contributed by atoms with E-state index in [4.69, 9.17) is 14.0 Å². The fraction of sp³-hybridized carbons (Fsp3) is 0.650. The van der Waals surface area contributed by atoms with E-state index in [0.717, 1.165) is 5.69 Å². The minimum atomic E-state index is -1.02. The highest BCUT2D eigenvalue weighted by Gasteiger charge is 2.39. The first-order chi connectivity index (χ1) is 14.9. The summed E-state index contributed by atoms with van der Waals surface area (Å²) < 4.78 is 17.9. The predicted molar refractivity (Wildman–Crippen MR) is 108 cm³/mol. The lowest BCUT2D eigenvalue weighted by Gasteiger charge is -2.21. The number of aryl methyl sites for hydroxylation is 1. The van der Waals surface area contributed by atoms with Gasteiger partial charge in [0.2, 0.25) is 5.91 Å². The van der Waals surface area contributed by atoms with Crippen molar-refractivity contribution >= 4 is 11.9 Å². The third kappa shape index (κ3) is 5.88. The molecule has 1 N–H and O–H groups in total. The molecule has 1 aliphatic heterocycles. The van der Waals surface area contributed by atoms with Crippen LogP contribution in [0.3, 0.4) is 0 Å². The molecule has 170 valence electrons. The molecule has 1 fully saturated rings. The minimum absolute atomic E-state index is 0.165. The predicted octanol–water partition coefficient (Wildman–Crippen LogP) is 1.55. The quantitative estimate of drug-likeness (QED) is 0.522. The van der Waals surface area contributed by atoms with Gasteiger partial charge < -0.3 is 24.0 Å².